The number of nitrogens with zero attached hydrogens (tertiary/aromatic N) is 1. The molecule has 106 valence electrons. The van der Waals surface area contributed by atoms with Crippen LogP contribution in [0.1, 0.15) is 38.8 Å². The third-order valence-corrected chi connectivity index (χ3v) is 4.05. The van der Waals surface area contributed by atoms with E-state index in [1.165, 1.54) is 0 Å². The molecule has 0 aliphatic carbocycles. The highest BCUT2D eigenvalue weighted by Gasteiger charge is 2.51. The molecule has 4 nitrogen and oxygen atoms in total. The fourth-order valence-electron chi connectivity index (χ4n) is 2.20. The van der Waals surface area contributed by atoms with E-state index in [0.717, 1.165) is 11.0 Å². The molecule has 1 aliphatic heterocycles. The highest BCUT2D eigenvalue weighted by atomic mass is 16.7. The van der Waals surface area contributed by atoms with Crippen LogP contribution >= 0.6 is 0 Å². The SMILES string of the molecule is CNCc1cc(C#N)cc(B2OC(C)(C)C(C)(C)O2)c1. The summed E-state index contributed by atoms with van der Waals surface area (Å²) in [6.45, 7) is 8.80. The second-order valence-electron chi connectivity index (χ2n) is 6.19. The van der Waals surface area contributed by atoms with Crippen LogP contribution in [0.25, 0.3) is 0 Å². The molecule has 1 fully saturated rings. The number of hydrogen-bond acceptors (Lipinski definition) is 4. The van der Waals surface area contributed by atoms with E-state index in [-0.39, 0.29) is 11.2 Å². The number of benzene rings is 1. The Bertz CT molecular complexity index is 533. The summed E-state index contributed by atoms with van der Waals surface area (Å²) in [5.41, 5.74) is 1.83. The van der Waals surface area contributed by atoms with Gasteiger partial charge in [-0.2, -0.15) is 5.26 Å². The highest BCUT2D eigenvalue weighted by Crippen LogP contribution is 2.36. The van der Waals surface area contributed by atoms with E-state index in [2.05, 4.69) is 11.4 Å². The summed E-state index contributed by atoms with van der Waals surface area (Å²) in [6, 6.07) is 7.93. The Hall–Kier alpha value is -1.35. The first-order valence-corrected chi connectivity index (χ1v) is 6.83. The first-order chi connectivity index (χ1) is 9.29. The first kappa shape index (κ1) is 15.1. The summed E-state index contributed by atoms with van der Waals surface area (Å²) in [6.07, 6.45) is 0. The highest BCUT2D eigenvalue weighted by molar-refractivity contribution is 6.62. The molecule has 1 aromatic carbocycles. The number of hydrogen-bond donors (Lipinski definition) is 1. The lowest BCUT2D eigenvalue weighted by Crippen LogP contribution is -2.41. The summed E-state index contributed by atoms with van der Waals surface area (Å²) >= 11 is 0. The van der Waals surface area contributed by atoms with Crippen LogP contribution in [0.3, 0.4) is 0 Å². The monoisotopic (exact) mass is 272 g/mol. The van der Waals surface area contributed by atoms with Crippen molar-refractivity contribution in [2.24, 2.45) is 0 Å². The van der Waals surface area contributed by atoms with Crippen LogP contribution in [0.2, 0.25) is 0 Å². The van der Waals surface area contributed by atoms with Crippen LogP contribution in [-0.2, 0) is 15.9 Å². The Morgan fingerprint density at radius 3 is 2.25 bits per heavy atom. The van der Waals surface area contributed by atoms with E-state index < -0.39 is 7.12 Å². The normalized spacial score (nSPS) is 19.9. The molecule has 0 amide bonds. The number of rotatable bonds is 3. The van der Waals surface area contributed by atoms with Gasteiger partial charge in [-0.05, 0) is 57.9 Å². The van der Waals surface area contributed by atoms with E-state index in [1.54, 1.807) is 0 Å². The molecule has 5 heteroatoms. The maximum absolute atomic E-state index is 9.15. The van der Waals surface area contributed by atoms with Gasteiger partial charge in [0.25, 0.3) is 0 Å². The minimum absolute atomic E-state index is 0.372. The van der Waals surface area contributed by atoms with Crippen molar-refractivity contribution in [1.29, 1.82) is 5.26 Å². The number of nitrogens with one attached hydrogen (secondary N) is 1. The van der Waals surface area contributed by atoms with E-state index in [1.807, 2.05) is 52.9 Å². The second-order valence-corrected chi connectivity index (χ2v) is 6.19. The van der Waals surface area contributed by atoms with Gasteiger partial charge >= 0.3 is 7.12 Å². The lowest BCUT2D eigenvalue weighted by Gasteiger charge is -2.32. The fraction of sp³-hybridized carbons (Fsp3) is 0.533. The molecule has 0 saturated carbocycles. The van der Waals surface area contributed by atoms with E-state index in [9.17, 15) is 0 Å². The molecule has 0 aromatic heterocycles. The molecule has 1 heterocycles. The van der Waals surface area contributed by atoms with Crippen LogP contribution < -0.4 is 10.8 Å². The van der Waals surface area contributed by atoms with Crippen molar-refractivity contribution in [2.75, 3.05) is 7.05 Å². The molecule has 1 saturated heterocycles. The van der Waals surface area contributed by atoms with E-state index >= 15 is 0 Å². The standard InChI is InChI=1S/C15H21BN2O2/c1-14(2)15(3,4)20-16(19-14)13-7-11(9-17)6-12(8-13)10-18-5/h6-8,18H,10H2,1-5H3. The van der Waals surface area contributed by atoms with Gasteiger partial charge in [-0.3, -0.25) is 0 Å². The topological polar surface area (TPSA) is 54.3 Å². The lowest BCUT2D eigenvalue weighted by molar-refractivity contribution is 0.00578. The predicted molar refractivity (Wildman–Crippen MR) is 79.6 cm³/mol. The second kappa shape index (κ2) is 5.21. The van der Waals surface area contributed by atoms with Crippen molar-refractivity contribution in [1.82, 2.24) is 5.32 Å². The average Bonchev–Trinajstić information content (AvgIpc) is 2.58. The molecule has 0 unspecified atom stereocenters. The van der Waals surface area contributed by atoms with Gasteiger partial charge in [0.1, 0.15) is 0 Å². The van der Waals surface area contributed by atoms with Crippen molar-refractivity contribution < 1.29 is 9.31 Å². The Morgan fingerprint density at radius 2 is 1.75 bits per heavy atom. The molecule has 1 aromatic rings. The third-order valence-electron chi connectivity index (χ3n) is 4.05. The van der Waals surface area contributed by atoms with Crippen molar-refractivity contribution in [3.63, 3.8) is 0 Å². The zero-order chi connectivity index (χ0) is 15.0. The molecule has 0 spiro atoms. The quantitative estimate of drug-likeness (QED) is 0.849. The zero-order valence-electron chi connectivity index (χ0n) is 12.8. The Morgan fingerprint density at radius 1 is 1.15 bits per heavy atom. The minimum atomic E-state index is -0.427. The maximum Gasteiger partial charge on any atom is 0.494 e. The van der Waals surface area contributed by atoms with Crippen LogP contribution in [0.5, 0.6) is 0 Å². The molecule has 2 rings (SSSR count). The molecule has 1 aliphatic rings. The third kappa shape index (κ3) is 2.73. The Balaban J connectivity index is 2.35. The smallest absolute Gasteiger partial charge is 0.399 e. The van der Waals surface area contributed by atoms with Gasteiger partial charge in [0.05, 0.1) is 22.8 Å². The van der Waals surface area contributed by atoms with Crippen molar-refractivity contribution in [3.8, 4) is 6.07 Å². The Labute approximate surface area is 121 Å². The summed E-state index contributed by atoms with van der Waals surface area (Å²) in [4.78, 5) is 0. The van der Waals surface area contributed by atoms with Crippen LogP contribution in [0, 0.1) is 11.3 Å². The fourth-order valence-corrected chi connectivity index (χ4v) is 2.20. The first-order valence-electron chi connectivity index (χ1n) is 6.83. The van der Waals surface area contributed by atoms with Crippen molar-refractivity contribution in [2.45, 2.75) is 45.4 Å². The average molecular weight is 272 g/mol. The summed E-state index contributed by atoms with van der Waals surface area (Å²) in [5.74, 6) is 0. The van der Waals surface area contributed by atoms with Gasteiger partial charge in [0.2, 0.25) is 0 Å². The molecule has 0 atom stereocenters. The van der Waals surface area contributed by atoms with Gasteiger partial charge < -0.3 is 14.6 Å². The molecule has 0 bridgehead atoms. The van der Waals surface area contributed by atoms with E-state index in [0.29, 0.717) is 12.1 Å². The molecule has 0 radical (unpaired) electrons. The largest absolute Gasteiger partial charge is 0.494 e. The van der Waals surface area contributed by atoms with Gasteiger partial charge in [-0.25, -0.2) is 0 Å². The summed E-state index contributed by atoms with van der Waals surface area (Å²) in [7, 11) is 1.46. The molecular weight excluding hydrogens is 251 g/mol. The summed E-state index contributed by atoms with van der Waals surface area (Å²) < 4.78 is 12.1. The lowest BCUT2D eigenvalue weighted by atomic mass is 9.77. The van der Waals surface area contributed by atoms with Gasteiger partial charge in [0.15, 0.2) is 0 Å². The van der Waals surface area contributed by atoms with Gasteiger partial charge in [0, 0.05) is 6.54 Å². The predicted octanol–water partition coefficient (Wildman–Crippen LogP) is 1.58. The molecular formula is C15H21BN2O2. The summed E-state index contributed by atoms with van der Waals surface area (Å²) in [5, 5.41) is 12.2. The van der Waals surface area contributed by atoms with Gasteiger partial charge in [-0.1, -0.05) is 6.07 Å². The van der Waals surface area contributed by atoms with E-state index in [4.69, 9.17) is 14.6 Å². The van der Waals surface area contributed by atoms with Crippen molar-refractivity contribution >= 4 is 12.6 Å². The van der Waals surface area contributed by atoms with Crippen LogP contribution in [-0.4, -0.2) is 25.4 Å². The van der Waals surface area contributed by atoms with Gasteiger partial charge in [-0.15, -0.1) is 0 Å². The number of nitriles is 1. The van der Waals surface area contributed by atoms with Crippen LogP contribution in [0.15, 0.2) is 18.2 Å². The zero-order valence-corrected chi connectivity index (χ0v) is 12.8. The molecule has 20 heavy (non-hydrogen) atoms. The van der Waals surface area contributed by atoms with Crippen LogP contribution in [0.4, 0.5) is 0 Å². The van der Waals surface area contributed by atoms with Crippen molar-refractivity contribution in [3.05, 3.63) is 29.3 Å². The molecule has 1 N–H and O–H groups in total. The maximum atomic E-state index is 9.15. The Kier molecular flexibility index (Phi) is 3.92. The minimum Gasteiger partial charge on any atom is -0.399 e.